The molecule has 12 atom stereocenters. The molecule has 15 N–H and O–H groups in total. The molecule has 0 saturated carbocycles. The van der Waals surface area contributed by atoms with Crippen molar-refractivity contribution in [3.8, 4) is 5.75 Å². The van der Waals surface area contributed by atoms with Crippen LogP contribution in [0.2, 0.25) is 0 Å². The second-order valence-corrected chi connectivity index (χ2v) is 34.6. The Balaban J connectivity index is 1.24. The molecule has 1 fully saturated rings. The lowest BCUT2D eigenvalue weighted by Gasteiger charge is -2.37. The second-order valence-electron chi connectivity index (χ2n) is 33.6. The number of primary amides is 1. The van der Waals surface area contributed by atoms with Crippen LogP contribution in [0.25, 0.3) is 10.9 Å². The number of thioether (sulfide) groups is 1. The molecule has 0 radical (unpaired) electrons. The summed E-state index contributed by atoms with van der Waals surface area (Å²) < 4.78 is 77.6. The van der Waals surface area contributed by atoms with Gasteiger partial charge in [-0.3, -0.25) is 77.2 Å². The predicted octanol–water partition coefficient (Wildman–Crippen LogP) is 3.11. The number of amides is 14. The second kappa shape index (κ2) is 49.8. The number of aliphatic hydroxyl groups is 1. The Bertz CT molecular complexity index is 5250. The third-order valence-electron chi connectivity index (χ3n) is 22.5. The number of nitrogens with zero attached hydrogens (tertiary/aromatic N) is 5. The number of halogens is 5. The first-order chi connectivity index (χ1) is 63.0. The molecule has 8 rings (SSSR count). The zero-order valence-corrected chi connectivity index (χ0v) is 76.1. The molecule has 133 heavy (non-hydrogen) atoms. The van der Waals surface area contributed by atoms with Crippen molar-refractivity contribution in [1.29, 1.82) is 0 Å². The lowest BCUT2D eigenvalue weighted by Crippen LogP contribution is -2.61. The van der Waals surface area contributed by atoms with E-state index in [1.807, 2.05) is 6.92 Å². The van der Waals surface area contributed by atoms with Crippen LogP contribution in [0, 0.1) is 40.9 Å². The summed E-state index contributed by atoms with van der Waals surface area (Å²) >= 11 is 0.710. The van der Waals surface area contributed by atoms with Crippen LogP contribution >= 0.6 is 11.8 Å². The number of nitrogens with two attached hydrogens (primary N) is 1. The fourth-order valence-electron chi connectivity index (χ4n) is 15.2. The van der Waals surface area contributed by atoms with E-state index in [2.05, 4.69) is 52.8 Å². The average molecular weight is 1870 g/mol. The first kappa shape index (κ1) is 105. The largest absolute Gasteiger partial charge is 0.508 e. The number of carboxylic acids is 1. The highest BCUT2D eigenvalue weighted by atomic mass is 32.2. The molecular formula is C93H115F5N16O18S. The van der Waals surface area contributed by atoms with Crippen molar-refractivity contribution in [2.45, 2.75) is 178 Å². The molecule has 0 bridgehead atoms. The maximum atomic E-state index is 16.1. The van der Waals surface area contributed by atoms with Gasteiger partial charge in [0.15, 0.2) is 23.3 Å². The van der Waals surface area contributed by atoms with Gasteiger partial charge in [-0.05, 0) is 70.7 Å². The van der Waals surface area contributed by atoms with Crippen LogP contribution in [0.3, 0.4) is 0 Å². The summed E-state index contributed by atoms with van der Waals surface area (Å²) in [7, 11) is 6.23. The number of phenols is 1. The molecule has 0 spiro atoms. The van der Waals surface area contributed by atoms with Gasteiger partial charge >= 0.3 is 5.97 Å². The number of carboxylic acid groups (broad SMARTS) is 1. The lowest BCUT2D eigenvalue weighted by atomic mass is 9.98. The SMILES string of the molecule is CCCCC1C(=O)N(C)CC(=O)NC(CC(=O)O)C(=O)NC(C(C)C)C(=O)N(C)C(Cc2ccccc2)C(=O)NC(Cc2ccc(O)cc2)C(=O)N(C)CC(=O)NC(Cc2c[nH]c3ccccc23)C(=O)NC(Cc2c(F)c(F)c(F)c(F)c2F)C(O)NC(CC(C)C)C(=O)NC(C(=O)NCC(N)=O)CSCC(=O)NC(Cc2ccccc2)C(=O)N(C)C(Cc2ccccc2)C(=O)N1C. The van der Waals surface area contributed by atoms with Gasteiger partial charge in [-0.2, -0.15) is 0 Å². The third kappa shape index (κ3) is 30.1. The molecule has 6 aromatic carbocycles. The number of aliphatic carboxylic acids is 1. The van der Waals surface area contributed by atoms with Gasteiger partial charge in [-0.15, -0.1) is 11.8 Å². The van der Waals surface area contributed by atoms with E-state index < -0.39 is 258 Å². The van der Waals surface area contributed by atoms with Crippen molar-refractivity contribution < 1.29 is 109 Å². The number of H-pyrrole nitrogens is 1. The molecular weight excluding hydrogens is 1760 g/mol. The van der Waals surface area contributed by atoms with E-state index in [4.69, 9.17) is 5.73 Å². The number of aliphatic hydroxyl groups excluding tert-OH is 1. The average Bonchev–Trinajstić information content (AvgIpc) is 1.54. The topological polar surface area (TPSA) is 483 Å². The minimum Gasteiger partial charge on any atom is -0.508 e. The number of unbranched alkanes of at least 4 members (excludes halogenated alkanes) is 1. The highest BCUT2D eigenvalue weighted by molar-refractivity contribution is 8.00. The van der Waals surface area contributed by atoms with Crippen LogP contribution in [0.5, 0.6) is 5.75 Å². The van der Waals surface area contributed by atoms with Gasteiger partial charge in [0, 0.05) is 102 Å². The maximum Gasteiger partial charge on any atom is 0.305 e. The molecule has 2 heterocycles. The van der Waals surface area contributed by atoms with Gasteiger partial charge in [0.2, 0.25) is 88.5 Å². The zero-order chi connectivity index (χ0) is 97.8. The highest BCUT2D eigenvalue weighted by Crippen LogP contribution is 2.28. The Morgan fingerprint density at radius 1 is 0.504 bits per heavy atom. The quantitative estimate of drug-likeness (QED) is 0.0248. The van der Waals surface area contributed by atoms with Crippen LogP contribution in [0.15, 0.2) is 146 Å². The van der Waals surface area contributed by atoms with Gasteiger partial charge in [-0.25, -0.2) is 22.0 Å². The summed E-state index contributed by atoms with van der Waals surface area (Å²) in [6, 6.07) is 18.2. The number of fused-ring (bicyclic) bond motifs is 1. The summed E-state index contributed by atoms with van der Waals surface area (Å²) in [5, 5.41) is 56.2. The third-order valence-corrected chi connectivity index (χ3v) is 23.6. The minimum absolute atomic E-state index is 0.0106. The molecule has 40 heteroatoms. The summed E-state index contributed by atoms with van der Waals surface area (Å²) in [5.74, 6) is -30.9. The van der Waals surface area contributed by atoms with E-state index >= 15 is 46.3 Å². The number of aromatic hydroxyl groups is 1. The van der Waals surface area contributed by atoms with E-state index in [1.54, 1.807) is 129 Å². The molecule has 12 unspecified atom stereocenters. The van der Waals surface area contributed by atoms with E-state index in [0.29, 0.717) is 63.3 Å². The van der Waals surface area contributed by atoms with Crippen molar-refractivity contribution in [1.82, 2.24) is 77.3 Å². The van der Waals surface area contributed by atoms with Crippen LogP contribution in [0.4, 0.5) is 22.0 Å². The molecule has 1 aliphatic heterocycles. The van der Waals surface area contributed by atoms with Gasteiger partial charge in [0.1, 0.15) is 66.4 Å². The predicted molar refractivity (Wildman–Crippen MR) is 481 cm³/mol. The number of phenolic OH excluding ortho intramolecular Hbond substituents is 1. The smallest absolute Gasteiger partial charge is 0.305 e. The van der Waals surface area contributed by atoms with E-state index in [0.717, 1.165) is 31.5 Å². The number of carbonyl (C=O) groups is 15. The van der Waals surface area contributed by atoms with Crippen molar-refractivity contribution in [2.24, 2.45) is 17.6 Å². The van der Waals surface area contributed by atoms with Gasteiger partial charge in [0.25, 0.3) is 0 Å². The summed E-state index contributed by atoms with van der Waals surface area (Å²) in [4.78, 5) is 228. The normalized spacial score (nSPS) is 22.3. The number of benzene rings is 6. The zero-order valence-electron chi connectivity index (χ0n) is 75.3. The van der Waals surface area contributed by atoms with Crippen LogP contribution < -0.4 is 53.6 Å². The van der Waals surface area contributed by atoms with Crippen LogP contribution in [-0.4, -0.2) is 273 Å². The van der Waals surface area contributed by atoms with Gasteiger partial charge in [0.05, 0.1) is 43.9 Å². The standard InChI is InChI=1S/C93H115F5N16O18S/c1-11-12-32-69-91(130)111(7)48-74(118)103-65(44-76(120)121)87(126)109-82(52(4)5)93(132)113(9)70(40-54-26-18-14-19-27-54)88(127)107-66(39-56-33-35-58(115)36-34-56)89(128)110(6)47-73(117)102-63(42-57-45-100-61-31-23-22-30-59(57)61)85(124)106-64(43-60-77(94)79(96)81(98)80(97)78(60)95)86(125)105-62(37-51(2)3)84(123)108-68(83(122)101-46-72(99)116)49-133-50-75(119)104-67(38-53-24-16-13-17-25-53)90(129)114(10)71(92(131)112(69)8)41-55-28-20-15-21-29-55/h13-31,33-36,45,51-52,62-71,82,86,100,105,115,125H,11-12,32,37-44,46-50H2,1-10H3,(H2,99,116)(H,101,122)(H,102,117)(H,103,118)(H,104,119)(H,106,124)(H,107,127)(H,108,123)(H,109,126)(H,120,121). The Kier molecular flexibility index (Phi) is 39.3. The maximum absolute atomic E-state index is 16.1. The number of aromatic amines is 1. The Hall–Kier alpha value is -13.4. The Labute approximate surface area is 770 Å². The molecule has 34 nitrogen and oxygen atoms in total. The molecule has 1 saturated heterocycles. The van der Waals surface area contributed by atoms with E-state index in [1.165, 1.54) is 72.5 Å². The lowest BCUT2D eigenvalue weighted by molar-refractivity contribution is -0.151. The number of para-hydroxylation sites is 1. The number of hydrogen-bond acceptors (Lipinski definition) is 19. The molecule has 716 valence electrons. The van der Waals surface area contributed by atoms with Crippen molar-refractivity contribution in [3.05, 3.63) is 208 Å². The number of rotatable bonds is 23. The van der Waals surface area contributed by atoms with Crippen LogP contribution in [0.1, 0.15) is 100 Å². The number of hydrogen-bond donors (Lipinski definition) is 14. The van der Waals surface area contributed by atoms with Crippen LogP contribution in [-0.2, 0) is 110 Å². The number of carbonyl (C=O) groups excluding carboxylic acids is 14. The van der Waals surface area contributed by atoms with E-state index in [9.17, 15) is 62.9 Å². The molecule has 7 aromatic rings. The Morgan fingerprint density at radius 3 is 1.55 bits per heavy atom. The fraction of sp³-hybridized carbons (Fsp3) is 0.430. The molecule has 1 aromatic heterocycles. The minimum atomic E-state index is -2.58. The van der Waals surface area contributed by atoms with Crippen molar-refractivity contribution in [2.75, 3.05) is 66.4 Å². The fourth-order valence-corrected chi connectivity index (χ4v) is 16.1. The summed E-state index contributed by atoms with van der Waals surface area (Å²) in [5.41, 5.74) is 6.47. The molecule has 14 amide bonds. The summed E-state index contributed by atoms with van der Waals surface area (Å²) in [6.45, 7) is 5.42. The highest BCUT2D eigenvalue weighted by Gasteiger charge is 2.43. The first-order valence-corrected chi connectivity index (χ1v) is 44.4. The number of likely N-dealkylation sites (N-methyl/N-ethyl adjacent to an activating group) is 5. The van der Waals surface area contributed by atoms with Crippen molar-refractivity contribution >= 4 is 111 Å². The monoisotopic (exact) mass is 1870 g/mol. The molecule has 1 aliphatic rings. The van der Waals surface area contributed by atoms with Gasteiger partial charge < -0.3 is 93.1 Å². The number of aromatic nitrogens is 1. The first-order valence-electron chi connectivity index (χ1n) is 43.2. The van der Waals surface area contributed by atoms with E-state index in [-0.39, 0.29) is 44.3 Å². The Morgan fingerprint density at radius 2 is 0.992 bits per heavy atom. The summed E-state index contributed by atoms with van der Waals surface area (Å²) in [6.07, 6.45) is -4.67. The molecule has 0 aliphatic carbocycles. The number of nitrogens with one attached hydrogen (secondary N) is 10. The van der Waals surface area contributed by atoms with Crippen molar-refractivity contribution in [3.63, 3.8) is 0 Å². The van der Waals surface area contributed by atoms with Gasteiger partial charge in [-0.1, -0.05) is 169 Å².